The molecule has 1 aliphatic rings. The molecule has 110 valence electrons. The lowest BCUT2D eigenvalue weighted by atomic mass is 9.93. The van der Waals surface area contributed by atoms with Gasteiger partial charge in [0.15, 0.2) is 5.69 Å². The van der Waals surface area contributed by atoms with Gasteiger partial charge in [-0.15, -0.1) is 0 Å². The van der Waals surface area contributed by atoms with Crippen LogP contribution in [-0.2, 0) is 12.8 Å². The number of benzene rings is 1. The van der Waals surface area contributed by atoms with Crippen LogP contribution in [0.2, 0.25) is 0 Å². The van der Waals surface area contributed by atoms with E-state index in [1.807, 2.05) is 0 Å². The number of H-pyrrole nitrogens is 1. The normalized spacial score (nSPS) is 12.8. The minimum atomic E-state index is -0.566. The van der Waals surface area contributed by atoms with Gasteiger partial charge in [-0.25, -0.2) is 9.07 Å². The molecule has 3 aromatic rings. The Labute approximate surface area is 124 Å². The Morgan fingerprint density at radius 1 is 1.27 bits per heavy atom. The van der Waals surface area contributed by atoms with Crippen molar-refractivity contribution >= 4 is 5.91 Å². The van der Waals surface area contributed by atoms with E-state index in [-0.39, 0.29) is 11.5 Å². The third kappa shape index (κ3) is 1.75. The number of aromatic amines is 1. The number of hydrogen-bond donors (Lipinski definition) is 2. The average Bonchev–Trinajstić information content (AvgIpc) is 3.11. The minimum Gasteiger partial charge on any atom is -0.364 e. The van der Waals surface area contributed by atoms with Gasteiger partial charge in [-0.05, 0) is 37.1 Å². The lowest BCUT2D eigenvalue weighted by molar-refractivity contribution is 0.0994. The van der Waals surface area contributed by atoms with Crippen molar-refractivity contribution in [2.45, 2.75) is 12.8 Å². The lowest BCUT2D eigenvalue weighted by Gasteiger charge is -2.14. The predicted octanol–water partition coefficient (Wildman–Crippen LogP) is 1.60. The number of halogens is 1. The van der Waals surface area contributed by atoms with Crippen LogP contribution in [0, 0.1) is 5.82 Å². The van der Waals surface area contributed by atoms with Crippen LogP contribution in [0.3, 0.4) is 0 Å². The number of amides is 1. The van der Waals surface area contributed by atoms with Gasteiger partial charge < -0.3 is 5.73 Å². The maximum Gasteiger partial charge on any atom is 0.269 e. The number of hydrogen-bond acceptors (Lipinski definition) is 3. The van der Waals surface area contributed by atoms with Gasteiger partial charge in [0.05, 0.1) is 17.6 Å². The molecule has 0 aliphatic heterocycles. The van der Waals surface area contributed by atoms with E-state index in [0.717, 1.165) is 28.9 Å². The first-order valence-electron chi connectivity index (χ1n) is 6.85. The molecule has 0 saturated carbocycles. The number of aryl methyl sites for hydroxylation is 1. The smallest absolute Gasteiger partial charge is 0.269 e. The molecule has 3 N–H and O–H groups in total. The Hall–Kier alpha value is -2.96. The first kappa shape index (κ1) is 12.8. The van der Waals surface area contributed by atoms with Gasteiger partial charge in [-0.2, -0.15) is 10.2 Å². The summed E-state index contributed by atoms with van der Waals surface area (Å²) in [5, 5.41) is 11.4. The van der Waals surface area contributed by atoms with E-state index < -0.39 is 5.91 Å². The zero-order valence-corrected chi connectivity index (χ0v) is 11.5. The minimum absolute atomic E-state index is 0.256. The van der Waals surface area contributed by atoms with Gasteiger partial charge in [0, 0.05) is 16.8 Å². The Morgan fingerprint density at radius 2 is 2.05 bits per heavy atom. The molecule has 0 atom stereocenters. The van der Waals surface area contributed by atoms with E-state index in [0.29, 0.717) is 12.1 Å². The fraction of sp³-hybridized carbons (Fsp3) is 0.133. The zero-order valence-electron chi connectivity index (χ0n) is 11.5. The van der Waals surface area contributed by atoms with Crippen LogP contribution >= 0.6 is 0 Å². The number of nitrogens with one attached hydrogen (secondary N) is 1. The second kappa shape index (κ2) is 4.52. The number of aromatic nitrogens is 4. The van der Waals surface area contributed by atoms with Crippen LogP contribution in [0.5, 0.6) is 0 Å². The van der Waals surface area contributed by atoms with Crippen molar-refractivity contribution in [1.29, 1.82) is 0 Å². The van der Waals surface area contributed by atoms with Crippen molar-refractivity contribution in [3.63, 3.8) is 0 Å². The van der Waals surface area contributed by atoms with E-state index >= 15 is 0 Å². The van der Waals surface area contributed by atoms with E-state index in [4.69, 9.17) is 5.73 Å². The molecule has 1 aliphatic carbocycles. The maximum absolute atomic E-state index is 13.1. The first-order chi connectivity index (χ1) is 10.6. The SMILES string of the molecule is NC(=O)c1nn(-c2ccc(F)cc2)c2c1CCc1[nH]ncc1-2. The summed E-state index contributed by atoms with van der Waals surface area (Å²) in [5.74, 6) is -0.895. The Balaban J connectivity index is 2.00. The fourth-order valence-electron chi connectivity index (χ4n) is 2.89. The van der Waals surface area contributed by atoms with Crippen LogP contribution in [0.1, 0.15) is 21.7 Å². The summed E-state index contributed by atoms with van der Waals surface area (Å²) in [6.07, 6.45) is 3.11. The molecule has 0 radical (unpaired) electrons. The number of primary amides is 1. The topological polar surface area (TPSA) is 89.6 Å². The highest BCUT2D eigenvalue weighted by Gasteiger charge is 2.28. The second-order valence-electron chi connectivity index (χ2n) is 5.19. The molecule has 1 amide bonds. The summed E-state index contributed by atoms with van der Waals surface area (Å²) in [6.45, 7) is 0. The van der Waals surface area contributed by atoms with Crippen molar-refractivity contribution in [2.24, 2.45) is 5.73 Å². The summed E-state index contributed by atoms with van der Waals surface area (Å²) < 4.78 is 14.8. The van der Waals surface area contributed by atoms with Crippen LogP contribution < -0.4 is 5.73 Å². The quantitative estimate of drug-likeness (QED) is 0.753. The predicted molar refractivity (Wildman–Crippen MR) is 77.0 cm³/mol. The molecule has 0 unspecified atom stereocenters. The third-order valence-corrected chi connectivity index (χ3v) is 3.89. The molecule has 22 heavy (non-hydrogen) atoms. The maximum atomic E-state index is 13.1. The average molecular weight is 297 g/mol. The molecule has 0 spiro atoms. The molecule has 0 saturated heterocycles. The highest BCUT2D eigenvalue weighted by atomic mass is 19.1. The van der Waals surface area contributed by atoms with Gasteiger partial charge in [0.25, 0.3) is 5.91 Å². The van der Waals surface area contributed by atoms with E-state index in [1.165, 1.54) is 12.1 Å². The monoisotopic (exact) mass is 297 g/mol. The van der Waals surface area contributed by atoms with Crippen LogP contribution in [0.25, 0.3) is 16.9 Å². The number of fused-ring (bicyclic) bond motifs is 3. The van der Waals surface area contributed by atoms with Gasteiger partial charge in [-0.1, -0.05) is 0 Å². The van der Waals surface area contributed by atoms with E-state index in [2.05, 4.69) is 15.3 Å². The molecule has 0 bridgehead atoms. The van der Waals surface area contributed by atoms with Gasteiger partial charge in [-0.3, -0.25) is 9.89 Å². The van der Waals surface area contributed by atoms with Crippen molar-refractivity contribution < 1.29 is 9.18 Å². The van der Waals surface area contributed by atoms with E-state index in [9.17, 15) is 9.18 Å². The van der Waals surface area contributed by atoms with Crippen molar-refractivity contribution in [3.05, 3.63) is 53.2 Å². The third-order valence-electron chi connectivity index (χ3n) is 3.89. The summed E-state index contributed by atoms with van der Waals surface area (Å²) in [7, 11) is 0. The summed E-state index contributed by atoms with van der Waals surface area (Å²) in [4.78, 5) is 11.7. The number of carbonyl (C=O) groups is 1. The molecule has 1 aromatic carbocycles. The molecule has 6 nitrogen and oxygen atoms in total. The van der Waals surface area contributed by atoms with Gasteiger partial charge in [0.2, 0.25) is 0 Å². The Kier molecular flexibility index (Phi) is 2.62. The van der Waals surface area contributed by atoms with Crippen LogP contribution in [0.15, 0.2) is 30.5 Å². The largest absolute Gasteiger partial charge is 0.364 e. The van der Waals surface area contributed by atoms with Crippen LogP contribution in [0.4, 0.5) is 4.39 Å². The molecular weight excluding hydrogens is 285 g/mol. The van der Waals surface area contributed by atoms with Crippen LogP contribution in [-0.4, -0.2) is 25.9 Å². The molecule has 2 aromatic heterocycles. The first-order valence-corrected chi connectivity index (χ1v) is 6.85. The van der Waals surface area contributed by atoms with Gasteiger partial charge in [0.1, 0.15) is 5.82 Å². The summed E-state index contributed by atoms with van der Waals surface area (Å²) >= 11 is 0. The molecule has 2 heterocycles. The lowest BCUT2D eigenvalue weighted by Crippen LogP contribution is -2.15. The molecule has 0 fully saturated rings. The Morgan fingerprint density at radius 3 is 2.77 bits per heavy atom. The summed E-state index contributed by atoms with van der Waals surface area (Å²) in [5.41, 5.74) is 9.86. The van der Waals surface area contributed by atoms with Crippen molar-refractivity contribution in [3.8, 4) is 16.9 Å². The fourth-order valence-corrected chi connectivity index (χ4v) is 2.89. The summed E-state index contributed by atoms with van der Waals surface area (Å²) in [6, 6.07) is 5.93. The highest BCUT2D eigenvalue weighted by Crippen LogP contribution is 2.35. The van der Waals surface area contributed by atoms with Gasteiger partial charge >= 0.3 is 0 Å². The number of rotatable bonds is 2. The molecular formula is C15H12FN5O. The molecule has 7 heteroatoms. The highest BCUT2D eigenvalue weighted by molar-refractivity contribution is 5.95. The van der Waals surface area contributed by atoms with E-state index in [1.54, 1.807) is 23.0 Å². The molecule has 4 rings (SSSR count). The number of nitrogens with two attached hydrogens (primary N) is 1. The Bertz CT molecular complexity index is 878. The number of carbonyl (C=O) groups excluding carboxylic acids is 1. The van der Waals surface area contributed by atoms with Crippen molar-refractivity contribution in [1.82, 2.24) is 20.0 Å². The number of nitrogens with zero attached hydrogens (tertiary/aromatic N) is 3. The van der Waals surface area contributed by atoms with Crippen molar-refractivity contribution in [2.75, 3.05) is 0 Å². The second-order valence-corrected chi connectivity index (χ2v) is 5.19. The zero-order chi connectivity index (χ0) is 15.3. The standard InChI is InChI=1S/C15H12FN5O/c16-8-1-3-9(4-2-8)21-14-10(13(20-21)15(17)22)5-6-12-11(14)7-18-19-12/h1-4,7H,5-6H2,(H2,17,22)(H,18,19).